The van der Waals surface area contributed by atoms with Crippen LogP contribution in [0.1, 0.15) is 61.2 Å². The van der Waals surface area contributed by atoms with Gasteiger partial charge < -0.3 is 10.2 Å². The molecule has 2 atom stereocenters. The molecule has 2 amide bonds. The number of hydrogen-bond acceptors (Lipinski definition) is 5. The first kappa shape index (κ1) is 29.6. The van der Waals surface area contributed by atoms with Crippen LogP contribution in [0.4, 0.5) is 14.5 Å². The van der Waals surface area contributed by atoms with Gasteiger partial charge in [0.2, 0.25) is 11.8 Å². The Labute approximate surface area is 259 Å². The van der Waals surface area contributed by atoms with Crippen LogP contribution in [0.5, 0.6) is 0 Å². The van der Waals surface area contributed by atoms with E-state index >= 15 is 0 Å². The Morgan fingerprint density at radius 2 is 1.89 bits per heavy atom. The molecule has 0 aliphatic carbocycles. The van der Waals surface area contributed by atoms with Crippen LogP contribution in [-0.4, -0.2) is 38.2 Å². The molecule has 224 valence electrons. The highest BCUT2D eigenvalue weighted by Gasteiger charge is 2.31. The highest BCUT2D eigenvalue weighted by atomic mass is 35.5. The van der Waals surface area contributed by atoms with Gasteiger partial charge in [-0.2, -0.15) is 0 Å². The predicted molar refractivity (Wildman–Crippen MR) is 165 cm³/mol. The van der Waals surface area contributed by atoms with E-state index in [1.54, 1.807) is 17.3 Å². The van der Waals surface area contributed by atoms with E-state index in [-0.39, 0.29) is 52.9 Å². The van der Waals surface area contributed by atoms with E-state index in [4.69, 9.17) is 11.6 Å². The summed E-state index contributed by atoms with van der Waals surface area (Å²) in [6.07, 6.45) is 8.92. The number of amides is 2. The van der Waals surface area contributed by atoms with Crippen LogP contribution in [0.3, 0.4) is 0 Å². The van der Waals surface area contributed by atoms with E-state index in [0.29, 0.717) is 37.1 Å². The van der Waals surface area contributed by atoms with Crippen molar-refractivity contribution in [2.45, 2.75) is 45.1 Å². The van der Waals surface area contributed by atoms with Gasteiger partial charge in [-0.3, -0.25) is 14.6 Å². The van der Waals surface area contributed by atoms with Crippen LogP contribution in [0.2, 0.25) is 5.02 Å². The van der Waals surface area contributed by atoms with Gasteiger partial charge in [-0.25, -0.2) is 18.7 Å². The number of pyridine rings is 1. The lowest BCUT2D eigenvalue weighted by atomic mass is 9.92. The number of fused-ring (bicyclic) bond motifs is 4. The number of benzene rings is 2. The molecule has 0 saturated carbocycles. The number of nitrogens with one attached hydrogen (secondary N) is 1. The van der Waals surface area contributed by atoms with E-state index < -0.39 is 11.6 Å². The molecule has 2 bridgehead atoms. The van der Waals surface area contributed by atoms with Crippen LogP contribution in [0.25, 0.3) is 16.7 Å². The summed E-state index contributed by atoms with van der Waals surface area (Å²) < 4.78 is 29.4. The van der Waals surface area contributed by atoms with Crippen molar-refractivity contribution in [2.24, 2.45) is 5.92 Å². The predicted octanol–water partition coefficient (Wildman–Crippen LogP) is 7.18. The molecule has 1 N–H and O–H groups in total. The van der Waals surface area contributed by atoms with Crippen LogP contribution in [-0.2, 0) is 16.0 Å². The molecule has 6 rings (SSSR count). The van der Waals surface area contributed by atoms with Crippen LogP contribution in [0, 0.1) is 17.6 Å². The smallest absolute Gasteiger partial charge is 0.247 e. The Kier molecular flexibility index (Phi) is 8.48. The fraction of sp³-hybridized carbons (Fsp3) is 0.265. The quantitative estimate of drug-likeness (QED) is 0.246. The van der Waals surface area contributed by atoms with Gasteiger partial charge in [-0.05, 0) is 72.4 Å². The second-order valence-electron chi connectivity index (χ2n) is 11.2. The first-order valence-electron chi connectivity index (χ1n) is 14.6. The van der Waals surface area contributed by atoms with E-state index in [0.717, 1.165) is 34.5 Å². The monoisotopic (exact) mass is 613 g/mol. The molecule has 2 aliphatic heterocycles. The molecule has 2 aromatic heterocycles. The topological polar surface area (TPSA) is 88.1 Å². The number of anilines is 1. The summed E-state index contributed by atoms with van der Waals surface area (Å²) >= 11 is 5.91. The second-order valence-corrected chi connectivity index (χ2v) is 11.6. The summed E-state index contributed by atoms with van der Waals surface area (Å²) in [7, 11) is 0. The number of halogens is 3. The minimum atomic E-state index is -0.870. The third kappa shape index (κ3) is 6.10. The number of carbonyl (C=O) groups is 2. The van der Waals surface area contributed by atoms with Crippen molar-refractivity contribution in [1.82, 2.24) is 19.9 Å². The zero-order valence-corrected chi connectivity index (χ0v) is 24.8. The van der Waals surface area contributed by atoms with Crippen LogP contribution in [0.15, 0.2) is 73.3 Å². The van der Waals surface area contributed by atoms with Crippen LogP contribution < -0.4 is 5.32 Å². The standard InChI is InChI=1S/C34H30ClF2N5O2/c1-20-3-2-4-30(42-14-11-23(18-31(42)43)32-27(36)8-7-26(35)33(32)37)29-17-22(9-13-39-29)25-6-5-21(16-28(25)41-34(20)44)15-24-10-12-38-19-40-24/h5-10,12-13,16-20,30H,2-4,11,14-15H2,1H3,(H,41,44)/t20-,30+/m1/s1. The number of rotatable bonds is 4. The first-order valence-corrected chi connectivity index (χ1v) is 15.0. The molecule has 44 heavy (non-hydrogen) atoms. The maximum absolute atomic E-state index is 14.8. The SMILES string of the molecule is C[C@@H]1CCC[C@H](N2CCC(c3c(F)ccc(Cl)c3F)=CC2=O)c2cc(ccn2)-c2ccc(Cc3ccncn3)cc2NC1=O. The number of nitrogens with zero attached hydrogens (tertiary/aromatic N) is 4. The van der Waals surface area contributed by atoms with Gasteiger partial charge in [-0.15, -0.1) is 0 Å². The van der Waals surface area contributed by atoms with E-state index in [2.05, 4.69) is 20.3 Å². The molecule has 4 heterocycles. The van der Waals surface area contributed by atoms with E-state index in [1.807, 2.05) is 43.3 Å². The van der Waals surface area contributed by atoms with Gasteiger partial charge in [0.25, 0.3) is 0 Å². The molecule has 0 saturated heterocycles. The van der Waals surface area contributed by atoms with Crippen molar-refractivity contribution < 1.29 is 18.4 Å². The molecular weight excluding hydrogens is 584 g/mol. The molecule has 0 spiro atoms. The van der Waals surface area contributed by atoms with Gasteiger partial charge in [0.05, 0.1) is 22.3 Å². The Balaban J connectivity index is 1.36. The van der Waals surface area contributed by atoms with E-state index in [1.165, 1.54) is 12.4 Å². The number of carbonyl (C=O) groups excluding carboxylic acids is 2. The lowest BCUT2D eigenvalue weighted by Crippen LogP contribution is -2.38. The molecule has 4 aromatic rings. The van der Waals surface area contributed by atoms with Crippen LogP contribution >= 0.6 is 11.6 Å². The van der Waals surface area contributed by atoms with Crippen molar-refractivity contribution in [2.75, 3.05) is 11.9 Å². The van der Waals surface area contributed by atoms with Gasteiger partial charge in [0.1, 0.15) is 12.1 Å². The molecule has 2 aromatic carbocycles. The van der Waals surface area contributed by atoms with Crippen molar-refractivity contribution in [3.63, 3.8) is 0 Å². The summed E-state index contributed by atoms with van der Waals surface area (Å²) in [5.74, 6) is -2.33. The van der Waals surface area contributed by atoms with Crippen molar-refractivity contribution in [1.29, 1.82) is 0 Å². The maximum atomic E-state index is 14.8. The third-order valence-corrected chi connectivity index (χ3v) is 8.60. The minimum absolute atomic E-state index is 0.0796. The van der Waals surface area contributed by atoms with Crippen molar-refractivity contribution >= 4 is 34.7 Å². The van der Waals surface area contributed by atoms with E-state index in [9.17, 15) is 18.4 Å². The molecule has 7 nitrogen and oxygen atoms in total. The fourth-order valence-electron chi connectivity index (χ4n) is 5.94. The van der Waals surface area contributed by atoms with Gasteiger partial charge >= 0.3 is 0 Å². The maximum Gasteiger partial charge on any atom is 0.247 e. The average Bonchev–Trinajstić information content (AvgIpc) is 3.02. The molecule has 10 heteroatoms. The summed E-state index contributed by atoms with van der Waals surface area (Å²) in [6.45, 7) is 2.15. The Hall–Kier alpha value is -4.50. The summed E-state index contributed by atoms with van der Waals surface area (Å²) in [6, 6.07) is 13.5. The number of hydrogen-bond donors (Lipinski definition) is 1. The molecule has 0 fully saturated rings. The Bertz CT molecular complexity index is 1760. The first-order chi connectivity index (χ1) is 21.3. The van der Waals surface area contributed by atoms with Gasteiger partial charge in [0, 0.05) is 54.3 Å². The summed E-state index contributed by atoms with van der Waals surface area (Å²) in [4.78, 5) is 41.5. The minimum Gasteiger partial charge on any atom is -0.330 e. The zero-order valence-electron chi connectivity index (χ0n) is 24.1. The lowest BCUT2D eigenvalue weighted by molar-refractivity contribution is -0.129. The molecule has 0 unspecified atom stereocenters. The normalized spacial score (nSPS) is 18.9. The summed E-state index contributed by atoms with van der Waals surface area (Å²) in [5.41, 5.74) is 4.95. The Morgan fingerprint density at radius 3 is 2.68 bits per heavy atom. The zero-order chi connectivity index (χ0) is 30.8. The average molecular weight is 614 g/mol. The molecule has 2 aliphatic rings. The lowest BCUT2D eigenvalue weighted by Gasteiger charge is -2.34. The largest absolute Gasteiger partial charge is 0.330 e. The fourth-order valence-corrected chi connectivity index (χ4v) is 6.09. The van der Waals surface area contributed by atoms with Gasteiger partial charge in [0.15, 0.2) is 5.82 Å². The molecule has 0 radical (unpaired) electrons. The Morgan fingerprint density at radius 1 is 1.02 bits per heavy atom. The highest BCUT2D eigenvalue weighted by molar-refractivity contribution is 6.31. The van der Waals surface area contributed by atoms with Gasteiger partial charge in [-0.1, -0.05) is 37.1 Å². The highest BCUT2D eigenvalue weighted by Crippen LogP contribution is 2.37. The van der Waals surface area contributed by atoms with Crippen molar-refractivity contribution in [3.05, 3.63) is 112 Å². The summed E-state index contributed by atoms with van der Waals surface area (Å²) in [5, 5.41) is 2.95. The van der Waals surface area contributed by atoms with Crippen molar-refractivity contribution in [3.8, 4) is 11.1 Å². The third-order valence-electron chi connectivity index (χ3n) is 8.31. The number of aromatic nitrogens is 3. The molecular formula is C34H30ClF2N5O2. The second kappa shape index (κ2) is 12.6.